The number of halogens is 4. The van der Waals surface area contributed by atoms with Gasteiger partial charge in [0.25, 0.3) is 0 Å². The molecule has 2 aromatic rings. The maximum atomic E-state index is 12.8. The van der Waals surface area contributed by atoms with E-state index in [0.717, 1.165) is 36.4 Å². The van der Waals surface area contributed by atoms with Crippen LogP contribution in [0.4, 0.5) is 23.2 Å². The van der Waals surface area contributed by atoms with Crippen LogP contribution in [0.3, 0.4) is 0 Å². The van der Waals surface area contributed by atoms with E-state index < -0.39 is 29.6 Å². The molecule has 0 radical (unpaired) electrons. The number of carbonyl (C=O) groups is 1. The molecular formula is C15H11F4NO2. The number of rotatable bonds is 4. The van der Waals surface area contributed by atoms with E-state index in [2.05, 4.69) is 5.32 Å². The zero-order valence-electron chi connectivity index (χ0n) is 11.1. The minimum Gasteiger partial charge on any atom is -0.479 e. The minimum atomic E-state index is -4.48. The van der Waals surface area contributed by atoms with Gasteiger partial charge in [0.15, 0.2) is 6.04 Å². The van der Waals surface area contributed by atoms with Gasteiger partial charge in [-0.25, -0.2) is 9.18 Å². The van der Waals surface area contributed by atoms with Gasteiger partial charge in [0.05, 0.1) is 5.56 Å². The van der Waals surface area contributed by atoms with E-state index in [-0.39, 0.29) is 5.56 Å². The maximum absolute atomic E-state index is 12.8. The Labute approximate surface area is 123 Å². The molecule has 116 valence electrons. The summed E-state index contributed by atoms with van der Waals surface area (Å²) in [5.41, 5.74) is -0.360. The number of nitrogens with one attached hydrogen (secondary N) is 1. The Morgan fingerprint density at radius 3 is 2.00 bits per heavy atom. The molecule has 2 rings (SSSR count). The Morgan fingerprint density at radius 2 is 1.55 bits per heavy atom. The highest BCUT2D eigenvalue weighted by atomic mass is 19.4. The number of aliphatic carboxylic acids is 1. The lowest BCUT2D eigenvalue weighted by Crippen LogP contribution is -2.20. The molecule has 0 bridgehead atoms. The second kappa shape index (κ2) is 6.05. The second-order valence-corrected chi connectivity index (χ2v) is 4.54. The molecule has 22 heavy (non-hydrogen) atoms. The normalized spacial score (nSPS) is 12.7. The number of carboxylic acid groups (broad SMARTS) is 1. The average molecular weight is 313 g/mol. The van der Waals surface area contributed by atoms with Crippen molar-refractivity contribution < 1.29 is 27.5 Å². The Hall–Kier alpha value is -2.57. The van der Waals surface area contributed by atoms with E-state index in [4.69, 9.17) is 0 Å². The van der Waals surface area contributed by atoms with Crippen molar-refractivity contribution >= 4 is 11.7 Å². The zero-order valence-corrected chi connectivity index (χ0v) is 11.1. The van der Waals surface area contributed by atoms with E-state index in [0.29, 0.717) is 5.69 Å². The Bertz CT molecular complexity index is 651. The summed E-state index contributed by atoms with van der Waals surface area (Å²) < 4.78 is 50.3. The maximum Gasteiger partial charge on any atom is 0.416 e. The summed E-state index contributed by atoms with van der Waals surface area (Å²) in [6, 6.07) is 7.56. The molecule has 3 nitrogen and oxygen atoms in total. The topological polar surface area (TPSA) is 49.3 Å². The lowest BCUT2D eigenvalue weighted by atomic mass is 10.0. The number of carboxylic acids is 1. The van der Waals surface area contributed by atoms with E-state index in [1.54, 1.807) is 0 Å². The molecule has 0 saturated heterocycles. The van der Waals surface area contributed by atoms with Crippen molar-refractivity contribution in [3.05, 3.63) is 65.5 Å². The molecule has 0 aromatic heterocycles. The molecule has 2 aromatic carbocycles. The molecule has 0 spiro atoms. The first-order valence-corrected chi connectivity index (χ1v) is 6.19. The third kappa shape index (κ3) is 3.75. The molecule has 7 heteroatoms. The highest BCUT2D eigenvalue weighted by Crippen LogP contribution is 2.30. The van der Waals surface area contributed by atoms with Gasteiger partial charge in [-0.05, 0) is 42.0 Å². The number of hydrogen-bond donors (Lipinski definition) is 2. The van der Waals surface area contributed by atoms with Crippen molar-refractivity contribution in [2.24, 2.45) is 0 Å². The zero-order chi connectivity index (χ0) is 16.3. The molecule has 0 amide bonds. The van der Waals surface area contributed by atoms with Gasteiger partial charge >= 0.3 is 12.1 Å². The average Bonchev–Trinajstić information content (AvgIpc) is 2.45. The summed E-state index contributed by atoms with van der Waals surface area (Å²) in [5, 5.41) is 11.8. The summed E-state index contributed by atoms with van der Waals surface area (Å²) in [5.74, 6) is -1.74. The molecule has 0 aliphatic rings. The van der Waals surface area contributed by atoms with E-state index in [1.165, 1.54) is 12.1 Å². The van der Waals surface area contributed by atoms with Crippen LogP contribution in [0.5, 0.6) is 0 Å². The Morgan fingerprint density at radius 1 is 1.00 bits per heavy atom. The van der Waals surface area contributed by atoms with Crippen molar-refractivity contribution in [2.75, 3.05) is 5.32 Å². The number of anilines is 1. The van der Waals surface area contributed by atoms with Crippen LogP contribution in [0, 0.1) is 5.82 Å². The molecule has 0 heterocycles. The fourth-order valence-corrected chi connectivity index (χ4v) is 1.86. The first-order chi connectivity index (χ1) is 10.3. The summed E-state index contributed by atoms with van der Waals surface area (Å²) in [6.07, 6.45) is -4.48. The smallest absolute Gasteiger partial charge is 0.416 e. The van der Waals surface area contributed by atoms with Crippen LogP contribution in [0.25, 0.3) is 0 Å². The van der Waals surface area contributed by atoms with E-state index >= 15 is 0 Å². The van der Waals surface area contributed by atoms with Crippen LogP contribution < -0.4 is 5.32 Å². The molecule has 0 aliphatic carbocycles. The van der Waals surface area contributed by atoms with Crippen molar-refractivity contribution in [3.63, 3.8) is 0 Å². The van der Waals surface area contributed by atoms with E-state index in [9.17, 15) is 27.5 Å². The van der Waals surface area contributed by atoms with Crippen molar-refractivity contribution in [1.82, 2.24) is 0 Å². The lowest BCUT2D eigenvalue weighted by Gasteiger charge is -2.17. The van der Waals surface area contributed by atoms with Crippen molar-refractivity contribution in [2.45, 2.75) is 12.2 Å². The van der Waals surface area contributed by atoms with Gasteiger partial charge in [0, 0.05) is 5.69 Å². The minimum absolute atomic E-state index is 0.157. The Balaban J connectivity index is 2.24. The van der Waals surface area contributed by atoms with E-state index in [1.807, 2.05) is 0 Å². The summed E-state index contributed by atoms with van der Waals surface area (Å²) in [7, 11) is 0. The quantitative estimate of drug-likeness (QED) is 0.836. The van der Waals surface area contributed by atoms with Gasteiger partial charge in [-0.3, -0.25) is 0 Å². The largest absolute Gasteiger partial charge is 0.479 e. The van der Waals surface area contributed by atoms with Crippen molar-refractivity contribution in [3.8, 4) is 0 Å². The first-order valence-electron chi connectivity index (χ1n) is 6.19. The second-order valence-electron chi connectivity index (χ2n) is 4.54. The van der Waals surface area contributed by atoms with Gasteiger partial charge in [0.1, 0.15) is 5.82 Å². The fraction of sp³-hybridized carbons (Fsp3) is 0.133. The van der Waals surface area contributed by atoms with Gasteiger partial charge in [-0.1, -0.05) is 12.1 Å². The van der Waals surface area contributed by atoms with Gasteiger partial charge in [-0.15, -0.1) is 0 Å². The predicted molar refractivity (Wildman–Crippen MR) is 71.8 cm³/mol. The lowest BCUT2D eigenvalue weighted by molar-refractivity contribution is -0.138. The number of alkyl halides is 3. The first kappa shape index (κ1) is 15.8. The molecule has 0 fully saturated rings. The van der Waals surface area contributed by atoms with Gasteiger partial charge in [-0.2, -0.15) is 13.2 Å². The van der Waals surface area contributed by atoms with Crippen molar-refractivity contribution in [1.29, 1.82) is 0 Å². The van der Waals surface area contributed by atoms with Gasteiger partial charge in [0.2, 0.25) is 0 Å². The standard InChI is InChI=1S/C15H11F4NO2/c16-11-5-7-12(8-6-11)20-13(14(21)22)9-1-3-10(4-2-9)15(17,18)19/h1-8,13,20H,(H,21,22). The van der Waals surface area contributed by atoms with Crippen LogP contribution in [0.1, 0.15) is 17.2 Å². The Kier molecular flexibility index (Phi) is 4.35. The highest BCUT2D eigenvalue weighted by molar-refractivity contribution is 5.79. The molecule has 2 N–H and O–H groups in total. The summed E-state index contributed by atoms with van der Waals surface area (Å²) in [6.45, 7) is 0. The number of hydrogen-bond acceptors (Lipinski definition) is 2. The fourth-order valence-electron chi connectivity index (χ4n) is 1.86. The predicted octanol–water partition coefficient (Wildman–Crippen LogP) is 4.08. The monoisotopic (exact) mass is 313 g/mol. The third-order valence-corrected chi connectivity index (χ3v) is 2.97. The number of benzene rings is 2. The van der Waals surface area contributed by atoms with Crippen LogP contribution in [0.15, 0.2) is 48.5 Å². The van der Waals surface area contributed by atoms with Gasteiger partial charge < -0.3 is 10.4 Å². The molecule has 1 atom stereocenters. The molecule has 0 saturated carbocycles. The van der Waals surface area contributed by atoms with Crippen LogP contribution in [0.2, 0.25) is 0 Å². The summed E-state index contributed by atoms with van der Waals surface area (Å²) >= 11 is 0. The SMILES string of the molecule is O=C(O)C(Nc1ccc(F)cc1)c1ccc(C(F)(F)F)cc1. The van der Waals surface area contributed by atoms with Crippen LogP contribution in [-0.4, -0.2) is 11.1 Å². The molecule has 0 aliphatic heterocycles. The highest BCUT2D eigenvalue weighted by Gasteiger charge is 2.30. The van der Waals surface area contributed by atoms with Crippen LogP contribution >= 0.6 is 0 Å². The van der Waals surface area contributed by atoms with Crippen LogP contribution in [-0.2, 0) is 11.0 Å². The molecular weight excluding hydrogens is 302 g/mol. The third-order valence-electron chi connectivity index (χ3n) is 2.97. The summed E-state index contributed by atoms with van der Waals surface area (Å²) in [4.78, 5) is 11.3. The molecule has 1 unspecified atom stereocenters.